The molecule has 0 saturated carbocycles. The van der Waals surface area contributed by atoms with E-state index in [0.717, 1.165) is 0 Å². The number of hydrogen-bond acceptors (Lipinski definition) is 3. The first kappa shape index (κ1) is 12.8. The number of carboxylic acid groups (broad SMARTS) is 1. The van der Waals surface area contributed by atoms with Crippen LogP contribution in [0, 0.1) is 0 Å². The van der Waals surface area contributed by atoms with Crippen LogP contribution >= 0.6 is 27.3 Å². The SMILES string of the molecule is O=C(O)c1ccccc1NC(=O)c1sccc1Br. The van der Waals surface area contributed by atoms with Gasteiger partial charge in [0.15, 0.2) is 0 Å². The number of amides is 1. The number of carbonyl (C=O) groups excluding carboxylic acids is 1. The van der Waals surface area contributed by atoms with E-state index in [0.29, 0.717) is 9.35 Å². The molecule has 0 bridgehead atoms. The Morgan fingerprint density at radius 1 is 1.22 bits per heavy atom. The molecular formula is C12H8BrNO3S. The highest BCUT2D eigenvalue weighted by Gasteiger charge is 2.15. The topological polar surface area (TPSA) is 66.4 Å². The number of anilines is 1. The lowest BCUT2D eigenvalue weighted by atomic mass is 10.2. The van der Waals surface area contributed by atoms with Crippen molar-refractivity contribution in [2.75, 3.05) is 5.32 Å². The first-order chi connectivity index (χ1) is 8.59. The van der Waals surface area contributed by atoms with Crippen molar-refractivity contribution >= 4 is 44.8 Å². The van der Waals surface area contributed by atoms with Gasteiger partial charge in [-0.2, -0.15) is 0 Å². The maximum absolute atomic E-state index is 11.9. The summed E-state index contributed by atoms with van der Waals surface area (Å²) in [5, 5.41) is 13.4. The highest BCUT2D eigenvalue weighted by molar-refractivity contribution is 9.10. The van der Waals surface area contributed by atoms with Crippen LogP contribution in [0.15, 0.2) is 40.2 Å². The molecule has 1 aromatic heterocycles. The van der Waals surface area contributed by atoms with Gasteiger partial charge in [0.2, 0.25) is 0 Å². The van der Waals surface area contributed by atoms with Gasteiger partial charge in [0.05, 0.1) is 11.3 Å². The van der Waals surface area contributed by atoms with Crippen LogP contribution in [0.4, 0.5) is 5.69 Å². The number of carboxylic acids is 1. The van der Waals surface area contributed by atoms with Crippen molar-refractivity contribution in [2.24, 2.45) is 0 Å². The van der Waals surface area contributed by atoms with E-state index >= 15 is 0 Å². The molecule has 2 rings (SSSR count). The molecule has 1 heterocycles. The molecule has 0 aliphatic carbocycles. The summed E-state index contributed by atoms with van der Waals surface area (Å²) in [6.45, 7) is 0. The van der Waals surface area contributed by atoms with E-state index in [1.54, 1.807) is 29.6 Å². The third-order valence-electron chi connectivity index (χ3n) is 2.23. The van der Waals surface area contributed by atoms with Gasteiger partial charge < -0.3 is 10.4 Å². The van der Waals surface area contributed by atoms with E-state index in [-0.39, 0.29) is 17.2 Å². The Kier molecular flexibility index (Phi) is 3.78. The van der Waals surface area contributed by atoms with Crippen LogP contribution in [-0.4, -0.2) is 17.0 Å². The number of thiophene rings is 1. The molecule has 0 atom stereocenters. The third-order valence-corrected chi connectivity index (χ3v) is 4.07. The summed E-state index contributed by atoms with van der Waals surface area (Å²) in [4.78, 5) is 23.5. The largest absolute Gasteiger partial charge is 0.478 e. The molecule has 4 nitrogen and oxygen atoms in total. The lowest BCUT2D eigenvalue weighted by Gasteiger charge is -2.07. The average Bonchev–Trinajstić information content (AvgIpc) is 2.76. The van der Waals surface area contributed by atoms with E-state index in [4.69, 9.17) is 5.11 Å². The van der Waals surface area contributed by atoms with Crippen molar-refractivity contribution in [2.45, 2.75) is 0 Å². The standard InChI is InChI=1S/C12H8BrNO3S/c13-8-5-6-18-10(8)11(15)14-9-4-2-1-3-7(9)12(16)17/h1-6H,(H,14,15)(H,16,17). The zero-order valence-corrected chi connectivity index (χ0v) is 11.4. The number of halogens is 1. The number of carbonyl (C=O) groups is 2. The second-order valence-corrected chi connectivity index (χ2v) is 5.17. The minimum Gasteiger partial charge on any atom is -0.478 e. The number of rotatable bonds is 3. The van der Waals surface area contributed by atoms with Crippen molar-refractivity contribution in [3.05, 3.63) is 50.6 Å². The van der Waals surface area contributed by atoms with Gasteiger partial charge in [0, 0.05) is 4.47 Å². The average molecular weight is 326 g/mol. The molecule has 0 radical (unpaired) electrons. The highest BCUT2D eigenvalue weighted by atomic mass is 79.9. The van der Waals surface area contributed by atoms with Gasteiger partial charge in [0.1, 0.15) is 4.88 Å². The minimum atomic E-state index is -1.07. The Labute approximate surface area is 115 Å². The Morgan fingerprint density at radius 2 is 1.94 bits per heavy atom. The summed E-state index contributed by atoms with van der Waals surface area (Å²) in [6, 6.07) is 8.05. The van der Waals surface area contributed by atoms with Crippen molar-refractivity contribution in [3.8, 4) is 0 Å². The molecule has 0 aliphatic rings. The van der Waals surface area contributed by atoms with Gasteiger partial charge in [-0.3, -0.25) is 4.79 Å². The summed E-state index contributed by atoms with van der Waals surface area (Å²) in [5.74, 6) is -1.40. The second-order valence-electron chi connectivity index (χ2n) is 3.40. The number of nitrogens with one attached hydrogen (secondary N) is 1. The molecule has 92 valence electrons. The molecule has 1 aromatic carbocycles. The Morgan fingerprint density at radius 3 is 2.56 bits per heavy atom. The van der Waals surface area contributed by atoms with Gasteiger partial charge in [-0.25, -0.2) is 4.79 Å². The Balaban J connectivity index is 2.28. The molecule has 6 heteroatoms. The molecule has 1 amide bonds. The maximum atomic E-state index is 11.9. The molecule has 0 unspecified atom stereocenters. The van der Waals surface area contributed by atoms with Gasteiger partial charge in [-0.15, -0.1) is 11.3 Å². The third kappa shape index (κ3) is 2.60. The molecule has 18 heavy (non-hydrogen) atoms. The monoisotopic (exact) mass is 325 g/mol. The maximum Gasteiger partial charge on any atom is 0.337 e. The van der Waals surface area contributed by atoms with Crippen LogP contribution in [0.1, 0.15) is 20.0 Å². The fraction of sp³-hybridized carbons (Fsp3) is 0. The van der Waals surface area contributed by atoms with Gasteiger partial charge in [-0.05, 0) is 39.5 Å². The molecule has 0 saturated heterocycles. The lowest BCUT2D eigenvalue weighted by Crippen LogP contribution is -2.13. The smallest absolute Gasteiger partial charge is 0.337 e. The summed E-state index contributed by atoms with van der Waals surface area (Å²) < 4.78 is 0.692. The van der Waals surface area contributed by atoms with Crippen LogP contribution < -0.4 is 5.32 Å². The van der Waals surface area contributed by atoms with Crippen LogP contribution in [0.5, 0.6) is 0 Å². The summed E-state index contributed by atoms with van der Waals surface area (Å²) >= 11 is 4.55. The second kappa shape index (κ2) is 5.32. The number of aromatic carboxylic acids is 1. The van der Waals surface area contributed by atoms with Crippen LogP contribution in [0.2, 0.25) is 0 Å². The number of benzene rings is 1. The van der Waals surface area contributed by atoms with Gasteiger partial charge in [0.25, 0.3) is 5.91 Å². The molecule has 0 spiro atoms. The van der Waals surface area contributed by atoms with Crippen LogP contribution in [0.3, 0.4) is 0 Å². The first-order valence-electron chi connectivity index (χ1n) is 4.96. The summed E-state index contributed by atoms with van der Waals surface area (Å²) in [6.07, 6.45) is 0. The van der Waals surface area contributed by atoms with E-state index < -0.39 is 5.97 Å². The lowest BCUT2D eigenvalue weighted by molar-refractivity contribution is 0.0698. The van der Waals surface area contributed by atoms with Crippen molar-refractivity contribution in [3.63, 3.8) is 0 Å². The molecular weight excluding hydrogens is 318 g/mol. The summed E-state index contributed by atoms with van der Waals surface area (Å²) in [7, 11) is 0. The number of para-hydroxylation sites is 1. The molecule has 2 N–H and O–H groups in total. The van der Waals surface area contributed by atoms with Gasteiger partial charge in [-0.1, -0.05) is 12.1 Å². The van der Waals surface area contributed by atoms with E-state index in [1.165, 1.54) is 17.4 Å². The minimum absolute atomic E-state index is 0.0681. The highest BCUT2D eigenvalue weighted by Crippen LogP contribution is 2.24. The zero-order chi connectivity index (χ0) is 13.1. The Bertz CT molecular complexity index is 609. The van der Waals surface area contributed by atoms with E-state index in [2.05, 4.69) is 21.2 Å². The first-order valence-corrected chi connectivity index (χ1v) is 6.63. The molecule has 0 fully saturated rings. The van der Waals surface area contributed by atoms with Gasteiger partial charge >= 0.3 is 5.97 Å². The predicted molar refractivity (Wildman–Crippen MR) is 73.4 cm³/mol. The van der Waals surface area contributed by atoms with Crippen molar-refractivity contribution < 1.29 is 14.7 Å². The van der Waals surface area contributed by atoms with E-state index in [1.807, 2.05) is 0 Å². The van der Waals surface area contributed by atoms with Crippen LogP contribution in [0.25, 0.3) is 0 Å². The zero-order valence-electron chi connectivity index (χ0n) is 9.01. The molecule has 0 aliphatic heterocycles. The Hall–Kier alpha value is -1.66. The van der Waals surface area contributed by atoms with Crippen LogP contribution in [-0.2, 0) is 0 Å². The molecule has 2 aromatic rings. The quantitative estimate of drug-likeness (QED) is 0.908. The normalized spacial score (nSPS) is 10.1. The number of hydrogen-bond donors (Lipinski definition) is 2. The van der Waals surface area contributed by atoms with Crippen molar-refractivity contribution in [1.29, 1.82) is 0 Å². The van der Waals surface area contributed by atoms with E-state index in [9.17, 15) is 9.59 Å². The van der Waals surface area contributed by atoms with Crippen molar-refractivity contribution in [1.82, 2.24) is 0 Å². The summed E-state index contributed by atoms with van der Waals surface area (Å²) in [5.41, 5.74) is 0.355. The predicted octanol–water partition coefficient (Wildman–Crippen LogP) is 3.46. The fourth-order valence-corrected chi connectivity index (χ4v) is 2.86. The fourth-order valence-electron chi connectivity index (χ4n) is 1.41.